The topological polar surface area (TPSA) is 84.2 Å². The van der Waals surface area contributed by atoms with E-state index >= 15 is 0 Å². The van der Waals surface area contributed by atoms with Gasteiger partial charge in [0.15, 0.2) is 0 Å². The van der Waals surface area contributed by atoms with Crippen molar-refractivity contribution in [3.05, 3.63) is 0 Å². The molecule has 1 fully saturated rings. The Bertz CT molecular complexity index is 297. The fourth-order valence-corrected chi connectivity index (χ4v) is 2.60. The summed E-state index contributed by atoms with van der Waals surface area (Å²) in [5, 5.41) is 5.60. The van der Waals surface area contributed by atoms with Crippen molar-refractivity contribution in [3.63, 3.8) is 0 Å². The summed E-state index contributed by atoms with van der Waals surface area (Å²) in [6.07, 6.45) is 7.53. The van der Waals surface area contributed by atoms with Crippen LogP contribution in [0.5, 0.6) is 0 Å². The SMILES string of the molecule is CC(C)C[C@@H](NC(N)=O)C(=O)NC1CCCCCC1. The Hall–Kier alpha value is -1.26. The van der Waals surface area contributed by atoms with E-state index in [-0.39, 0.29) is 11.9 Å². The summed E-state index contributed by atoms with van der Waals surface area (Å²) >= 11 is 0. The van der Waals surface area contributed by atoms with E-state index in [0.29, 0.717) is 12.3 Å². The highest BCUT2D eigenvalue weighted by atomic mass is 16.2. The molecule has 0 saturated heterocycles. The van der Waals surface area contributed by atoms with Crippen molar-refractivity contribution in [2.75, 3.05) is 0 Å². The zero-order valence-corrected chi connectivity index (χ0v) is 12.1. The lowest BCUT2D eigenvalue weighted by Gasteiger charge is -2.23. The van der Waals surface area contributed by atoms with Gasteiger partial charge in [-0.2, -0.15) is 0 Å². The summed E-state index contributed by atoms with van der Waals surface area (Å²) in [6.45, 7) is 4.04. The molecule has 0 bridgehead atoms. The second-order valence-corrected chi connectivity index (χ2v) is 5.89. The maximum absolute atomic E-state index is 12.2. The maximum atomic E-state index is 12.2. The summed E-state index contributed by atoms with van der Waals surface area (Å²) in [7, 11) is 0. The van der Waals surface area contributed by atoms with Gasteiger partial charge in [0.25, 0.3) is 0 Å². The lowest BCUT2D eigenvalue weighted by atomic mass is 10.0. The van der Waals surface area contributed by atoms with Crippen LogP contribution < -0.4 is 16.4 Å². The molecule has 110 valence electrons. The van der Waals surface area contributed by atoms with Crippen LogP contribution in [0.4, 0.5) is 4.79 Å². The smallest absolute Gasteiger partial charge is 0.312 e. The molecule has 1 aliphatic carbocycles. The molecule has 1 rings (SSSR count). The normalized spacial score (nSPS) is 18.7. The summed E-state index contributed by atoms with van der Waals surface area (Å²) in [5.74, 6) is 0.233. The van der Waals surface area contributed by atoms with Crippen LogP contribution in [0.25, 0.3) is 0 Å². The van der Waals surface area contributed by atoms with E-state index in [0.717, 1.165) is 12.8 Å². The molecule has 0 aromatic carbocycles. The van der Waals surface area contributed by atoms with Gasteiger partial charge in [0.1, 0.15) is 6.04 Å². The monoisotopic (exact) mass is 269 g/mol. The number of hydrogen-bond donors (Lipinski definition) is 3. The Morgan fingerprint density at radius 1 is 1.16 bits per heavy atom. The first kappa shape index (κ1) is 15.8. The molecule has 0 aromatic heterocycles. The molecule has 0 heterocycles. The van der Waals surface area contributed by atoms with Crippen LogP contribution in [0.15, 0.2) is 0 Å². The van der Waals surface area contributed by atoms with Crippen LogP contribution in [-0.2, 0) is 4.79 Å². The third kappa shape index (κ3) is 6.45. The standard InChI is InChI=1S/C14H27N3O2/c1-10(2)9-12(17-14(15)19)13(18)16-11-7-5-3-4-6-8-11/h10-12H,3-9H2,1-2H3,(H,16,18)(H3,15,17,19)/t12-/m1/s1. The molecule has 1 saturated carbocycles. The predicted molar refractivity (Wildman–Crippen MR) is 75.6 cm³/mol. The van der Waals surface area contributed by atoms with Gasteiger partial charge in [0.05, 0.1) is 0 Å². The third-order valence-electron chi connectivity index (χ3n) is 3.54. The molecule has 4 N–H and O–H groups in total. The van der Waals surface area contributed by atoms with Crippen molar-refractivity contribution in [3.8, 4) is 0 Å². The van der Waals surface area contributed by atoms with Gasteiger partial charge in [-0.05, 0) is 25.2 Å². The number of nitrogens with two attached hydrogens (primary N) is 1. The Kier molecular flexibility index (Phi) is 6.67. The van der Waals surface area contributed by atoms with E-state index in [1.165, 1.54) is 25.7 Å². The number of amides is 3. The van der Waals surface area contributed by atoms with Crippen molar-refractivity contribution >= 4 is 11.9 Å². The quantitative estimate of drug-likeness (QED) is 0.666. The van der Waals surface area contributed by atoms with Gasteiger partial charge < -0.3 is 16.4 Å². The van der Waals surface area contributed by atoms with Gasteiger partial charge in [0.2, 0.25) is 5.91 Å². The summed E-state index contributed by atoms with van der Waals surface area (Å²) in [4.78, 5) is 23.2. The number of primary amides is 1. The fraction of sp³-hybridized carbons (Fsp3) is 0.857. The lowest BCUT2D eigenvalue weighted by Crippen LogP contribution is -2.51. The van der Waals surface area contributed by atoms with E-state index in [9.17, 15) is 9.59 Å². The minimum atomic E-state index is -0.637. The van der Waals surface area contributed by atoms with Gasteiger partial charge in [-0.15, -0.1) is 0 Å². The summed E-state index contributed by atoms with van der Waals surface area (Å²) in [6, 6.07) is -0.901. The fourth-order valence-electron chi connectivity index (χ4n) is 2.60. The zero-order chi connectivity index (χ0) is 14.3. The van der Waals surface area contributed by atoms with Gasteiger partial charge in [-0.3, -0.25) is 4.79 Å². The van der Waals surface area contributed by atoms with Gasteiger partial charge in [-0.1, -0.05) is 39.5 Å². The number of carbonyl (C=O) groups excluding carboxylic acids is 2. The van der Waals surface area contributed by atoms with Crippen LogP contribution in [0, 0.1) is 5.92 Å². The maximum Gasteiger partial charge on any atom is 0.312 e. The number of carbonyl (C=O) groups is 2. The number of rotatable bonds is 5. The molecule has 0 aromatic rings. The van der Waals surface area contributed by atoms with Gasteiger partial charge in [-0.25, -0.2) is 4.79 Å². The summed E-state index contributed by atoms with van der Waals surface area (Å²) in [5.41, 5.74) is 5.13. The molecule has 0 spiro atoms. The van der Waals surface area contributed by atoms with Crippen LogP contribution in [-0.4, -0.2) is 24.0 Å². The zero-order valence-electron chi connectivity index (χ0n) is 12.1. The molecule has 5 heteroatoms. The van der Waals surface area contributed by atoms with Crippen molar-refractivity contribution < 1.29 is 9.59 Å². The van der Waals surface area contributed by atoms with E-state index in [1.807, 2.05) is 13.8 Å². The first-order chi connectivity index (χ1) is 8.99. The van der Waals surface area contributed by atoms with Gasteiger partial charge in [0, 0.05) is 6.04 Å². The van der Waals surface area contributed by atoms with Crippen molar-refractivity contribution in [2.24, 2.45) is 11.7 Å². The molecule has 19 heavy (non-hydrogen) atoms. The average molecular weight is 269 g/mol. The highest BCUT2D eigenvalue weighted by molar-refractivity contribution is 5.86. The van der Waals surface area contributed by atoms with E-state index < -0.39 is 12.1 Å². The molecule has 0 aliphatic heterocycles. The highest BCUT2D eigenvalue weighted by Crippen LogP contribution is 2.17. The molecule has 0 unspecified atom stereocenters. The molecule has 1 aliphatic rings. The highest BCUT2D eigenvalue weighted by Gasteiger charge is 2.23. The first-order valence-corrected chi connectivity index (χ1v) is 7.35. The molecule has 1 atom stereocenters. The van der Waals surface area contributed by atoms with Crippen molar-refractivity contribution in [1.29, 1.82) is 0 Å². The Labute approximate surface area is 115 Å². The van der Waals surface area contributed by atoms with Gasteiger partial charge >= 0.3 is 6.03 Å². The van der Waals surface area contributed by atoms with E-state index in [4.69, 9.17) is 5.73 Å². The van der Waals surface area contributed by atoms with Crippen LogP contribution in [0.1, 0.15) is 58.8 Å². The first-order valence-electron chi connectivity index (χ1n) is 7.35. The molecular formula is C14H27N3O2. The van der Waals surface area contributed by atoms with Crippen LogP contribution >= 0.6 is 0 Å². The third-order valence-corrected chi connectivity index (χ3v) is 3.54. The van der Waals surface area contributed by atoms with Crippen molar-refractivity contribution in [1.82, 2.24) is 10.6 Å². The molecule has 0 radical (unpaired) electrons. The molecular weight excluding hydrogens is 242 g/mol. The minimum absolute atomic E-state index is 0.0978. The van der Waals surface area contributed by atoms with Crippen LogP contribution in [0.3, 0.4) is 0 Å². The Morgan fingerprint density at radius 3 is 2.21 bits per heavy atom. The van der Waals surface area contributed by atoms with E-state index in [2.05, 4.69) is 10.6 Å². The molecule has 3 amide bonds. The van der Waals surface area contributed by atoms with Crippen LogP contribution in [0.2, 0.25) is 0 Å². The second kappa shape index (κ2) is 8.02. The Morgan fingerprint density at radius 2 is 1.74 bits per heavy atom. The van der Waals surface area contributed by atoms with E-state index in [1.54, 1.807) is 0 Å². The number of urea groups is 1. The average Bonchev–Trinajstić information content (AvgIpc) is 2.55. The molecule has 5 nitrogen and oxygen atoms in total. The number of hydrogen-bond acceptors (Lipinski definition) is 2. The second-order valence-electron chi connectivity index (χ2n) is 5.89. The van der Waals surface area contributed by atoms with Crippen molar-refractivity contribution in [2.45, 2.75) is 70.9 Å². The predicted octanol–water partition coefficient (Wildman–Crippen LogP) is 1.91. The largest absolute Gasteiger partial charge is 0.352 e. The summed E-state index contributed by atoms with van der Waals surface area (Å²) < 4.78 is 0. The minimum Gasteiger partial charge on any atom is -0.352 e. The number of nitrogens with one attached hydrogen (secondary N) is 2. The lowest BCUT2D eigenvalue weighted by molar-refractivity contribution is -0.124. The Balaban J connectivity index is 2.51.